The van der Waals surface area contributed by atoms with Gasteiger partial charge in [0.2, 0.25) is 11.8 Å². The van der Waals surface area contributed by atoms with Gasteiger partial charge in [0.1, 0.15) is 0 Å². The molecule has 1 rings (SSSR count). The molecule has 0 aliphatic heterocycles. The lowest BCUT2D eigenvalue weighted by atomic mass is 10.2. The number of rotatable bonds is 4. The quantitative estimate of drug-likeness (QED) is 0.851. The second-order valence-corrected chi connectivity index (χ2v) is 3.68. The Balaban J connectivity index is 2.83. The van der Waals surface area contributed by atoms with E-state index in [-0.39, 0.29) is 6.04 Å². The van der Waals surface area contributed by atoms with Crippen molar-refractivity contribution in [2.45, 2.75) is 19.4 Å². The SMILES string of the molecule is C#CC(CC)Nc1ncc(Br)c(OC)n1. The first-order valence-electron chi connectivity index (χ1n) is 4.50. The molecule has 4 nitrogen and oxygen atoms in total. The minimum absolute atomic E-state index is 0.0594. The van der Waals surface area contributed by atoms with Crippen molar-refractivity contribution in [3.8, 4) is 18.2 Å². The summed E-state index contributed by atoms with van der Waals surface area (Å²) in [4.78, 5) is 8.22. The molecule has 0 saturated carbocycles. The smallest absolute Gasteiger partial charge is 0.232 e. The Hall–Kier alpha value is -1.28. The number of hydrogen-bond donors (Lipinski definition) is 1. The highest BCUT2D eigenvalue weighted by atomic mass is 79.9. The van der Waals surface area contributed by atoms with E-state index in [2.05, 4.69) is 37.1 Å². The number of hydrogen-bond acceptors (Lipinski definition) is 4. The van der Waals surface area contributed by atoms with Crippen LogP contribution >= 0.6 is 15.9 Å². The van der Waals surface area contributed by atoms with Crippen LogP contribution < -0.4 is 10.1 Å². The monoisotopic (exact) mass is 269 g/mol. The molecule has 1 unspecified atom stereocenters. The molecule has 80 valence electrons. The highest BCUT2D eigenvalue weighted by molar-refractivity contribution is 9.10. The highest BCUT2D eigenvalue weighted by Gasteiger charge is 2.07. The van der Waals surface area contributed by atoms with Gasteiger partial charge in [-0.05, 0) is 22.4 Å². The van der Waals surface area contributed by atoms with E-state index in [9.17, 15) is 0 Å². The van der Waals surface area contributed by atoms with E-state index in [1.165, 1.54) is 0 Å². The molecule has 0 bridgehead atoms. The average Bonchev–Trinajstić information content (AvgIpc) is 2.28. The third-order valence-electron chi connectivity index (χ3n) is 1.82. The van der Waals surface area contributed by atoms with Crippen LogP contribution in [-0.2, 0) is 0 Å². The van der Waals surface area contributed by atoms with Gasteiger partial charge in [-0.25, -0.2) is 4.98 Å². The highest BCUT2D eigenvalue weighted by Crippen LogP contribution is 2.22. The number of halogens is 1. The zero-order chi connectivity index (χ0) is 11.3. The third-order valence-corrected chi connectivity index (χ3v) is 2.36. The van der Waals surface area contributed by atoms with Crippen LogP contribution in [0.4, 0.5) is 5.95 Å². The summed E-state index contributed by atoms with van der Waals surface area (Å²) in [5.41, 5.74) is 0. The van der Waals surface area contributed by atoms with Crippen molar-refractivity contribution in [2.24, 2.45) is 0 Å². The molecule has 5 heteroatoms. The van der Waals surface area contributed by atoms with Gasteiger partial charge in [-0.1, -0.05) is 12.8 Å². The van der Waals surface area contributed by atoms with E-state index < -0.39 is 0 Å². The van der Waals surface area contributed by atoms with Gasteiger partial charge in [0.15, 0.2) is 0 Å². The van der Waals surface area contributed by atoms with E-state index in [0.717, 1.165) is 6.42 Å². The maximum absolute atomic E-state index is 5.32. The maximum atomic E-state index is 5.32. The fraction of sp³-hybridized carbons (Fsp3) is 0.400. The van der Waals surface area contributed by atoms with Crippen molar-refractivity contribution in [2.75, 3.05) is 12.4 Å². The van der Waals surface area contributed by atoms with E-state index in [1.807, 2.05) is 6.92 Å². The summed E-state index contributed by atoms with van der Waals surface area (Å²) in [5, 5.41) is 3.02. The second-order valence-electron chi connectivity index (χ2n) is 2.82. The molecule has 1 aromatic rings. The van der Waals surface area contributed by atoms with Crippen LogP contribution in [0.5, 0.6) is 5.88 Å². The third kappa shape index (κ3) is 3.10. The summed E-state index contributed by atoms with van der Waals surface area (Å²) < 4.78 is 5.76. The van der Waals surface area contributed by atoms with E-state index in [4.69, 9.17) is 11.2 Å². The van der Waals surface area contributed by atoms with Gasteiger partial charge in [0, 0.05) is 0 Å². The van der Waals surface area contributed by atoms with Crippen molar-refractivity contribution < 1.29 is 4.74 Å². The van der Waals surface area contributed by atoms with E-state index >= 15 is 0 Å². The Morgan fingerprint density at radius 2 is 2.47 bits per heavy atom. The van der Waals surface area contributed by atoms with Crippen molar-refractivity contribution in [1.82, 2.24) is 9.97 Å². The number of nitrogens with one attached hydrogen (secondary N) is 1. The maximum Gasteiger partial charge on any atom is 0.232 e. The number of methoxy groups -OCH3 is 1. The standard InChI is InChI=1S/C10H12BrN3O/c1-4-7(5-2)13-10-12-6-8(11)9(14-10)15-3/h1,6-7H,5H2,2-3H3,(H,12,13,14). The van der Waals surface area contributed by atoms with Crippen molar-refractivity contribution >= 4 is 21.9 Å². The molecular weight excluding hydrogens is 258 g/mol. The lowest BCUT2D eigenvalue weighted by Crippen LogP contribution is -2.17. The molecule has 0 spiro atoms. The zero-order valence-corrected chi connectivity index (χ0v) is 10.2. The molecule has 0 radical (unpaired) electrons. The molecule has 15 heavy (non-hydrogen) atoms. The van der Waals surface area contributed by atoms with E-state index in [0.29, 0.717) is 16.3 Å². The number of anilines is 1. The number of aromatic nitrogens is 2. The second kappa shape index (κ2) is 5.56. The minimum atomic E-state index is -0.0594. The topological polar surface area (TPSA) is 47.0 Å². The molecule has 1 aromatic heterocycles. The van der Waals surface area contributed by atoms with E-state index in [1.54, 1.807) is 13.3 Å². The summed E-state index contributed by atoms with van der Waals surface area (Å²) in [6, 6.07) is -0.0594. The molecule has 0 saturated heterocycles. The largest absolute Gasteiger partial charge is 0.480 e. The average molecular weight is 270 g/mol. The Bertz CT molecular complexity index is 375. The Morgan fingerprint density at radius 3 is 3.00 bits per heavy atom. The molecule has 1 atom stereocenters. The van der Waals surface area contributed by atoms with Crippen LogP contribution in [0, 0.1) is 12.3 Å². The van der Waals surface area contributed by atoms with Gasteiger partial charge in [0.25, 0.3) is 0 Å². The fourth-order valence-corrected chi connectivity index (χ4v) is 1.33. The first kappa shape index (κ1) is 11.8. The van der Waals surface area contributed by atoms with Gasteiger partial charge in [-0.3, -0.25) is 0 Å². The molecule has 0 aliphatic carbocycles. The number of nitrogens with zero attached hydrogens (tertiary/aromatic N) is 2. The summed E-state index contributed by atoms with van der Waals surface area (Å²) in [6.45, 7) is 1.99. The van der Waals surface area contributed by atoms with Crippen LogP contribution in [0.1, 0.15) is 13.3 Å². The zero-order valence-electron chi connectivity index (χ0n) is 8.62. The lowest BCUT2D eigenvalue weighted by Gasteiger charge is -2.11. The molecule has 0 fully saturated rings. The summed E-state index contributed by atoms with van der Waals surface area (Å²) in [7, 11) is 1.55. The Labute approximate surface area is 97.6 Å². The molecule has 0 aliphatic rings. The fourth-order valence-electron chi connectivity index (χ4n) is 0.982. The van der Waals surface area contributed by atoms with Crippen molar-refractivity contribution in [1.29, 1.82) is 0 Å². The first-order chi connectivity index (χ1) is 7.21. The summed E-state index contributed by atoms with van der Waals surface area (Å²) in [6.07, 6.45) is 7.76. The molecule has 1 N–H and O–H groups in total. The number of ether oxygens (including phenoxy) is 1. The predicted octanol–water partition coefficient (Wildman–Crippen LogP) is 2.07. The van der Waals surface area contributed by atoms with Crippen LogP contribution in [0.15, 0.2) is 10.7 Å². The van der Waals surface area contributed by atoms with Gasteiger partial charge >= 0.3 is 0 Å². The predicted molar refractivity (Wildman–Crippen MR) is 62.8 cm³/mol. The molecule has 1 heterocycles. The van der Waals surface area contributed by atoms with Crippen LogP contribution in [0.3, 0.4) is 0 Å². The number of terminal acetylenes is 1. The summed E-state index contributed by atoms with van der Waals surface area (Å²) >= 11 is 3.27. The minimum Gasteiger partial charge on any atom is -0.480 e. The van der Waals surface area contributed by atoms with Gasteiger partial charge in [-0.2, -0.15) is 4.98 Å². The van der Waals surface area contributed by atoms with Gasteiger partial charge in [-0.15, -0.1) is 6.42 Å². The first-order valence-corrected chi connectivity index (χ1v) is 5.29. The summed E-state index contributed by atoms with van der Waals surface area (Å²) in [5.74, 6) is 3.57. The van der Waals surface area contributed by atoms with Gasteiger partial charge < -0.3 is 10.1 Å². The van der Waals surface area contributed by atoms with Crippen LogP contribution in [0.25, 0.3) is 0 Å². The molecular formula is C10H12BrN3O. The van der Waals surface area contributed by atoms with Crippen molar-refractivity contribution in [3.05, 3.63) is 10.7 Å². The normalized spacial score (nSPS) is 11.6. The van der Waals surface area contributed by atoms with Crippen molar-refractivity contribution in [3.63, 3.8) is 0 Å². The van der Waals surface area contributed by atoms with Crippen LogP contribution in [-0.4, -0.2) is 23.1 Å². The lowest BCUT2D eigenvalue weighted by molar-refractivity contribution is 0.394. The van der Waals surface area contributed by atoms with Crippen LogP contribution in [0.2, 0.25) is 0 Å². The van der Waals surface area contributed by atoms with Gasteiger partial charge in [0.05, 0.1) is 23.8 Å². The Kier molecular flexibility index (Phi) is 4.37. The molecule has 0 amide bonds. The molecule has 0 aromatic carbocycles. The Morgan fingerprint density at radius 1 is 1.73 bits per heavy atom.